The van der Waals surface area contributed by atoms with E-state index in [4.69, 9.17) is 4.98 Å². The van der Waals surface area contributed by atoms with Crippen molar-refractivity contribution in [2.24, 2.45) is 5.10 Å². The Morgan fingerprint density at radius 2 is 1.86 bits per heavy atom. The van der Waals surface area contributed by atoms with E-state index in [1.807, 2.05) is 47.8 Å². The lowest BCUT2D eigenvalue weighted by atomic mass is 9.99. The number of benzene rings is 2. The predicted octanol–water partition coefficient (Wildman–Crippen LogP) is 5.85. The number of amides is 1. The van der Waals surface area contributed by atoms with Crippen molar-refractivity contribution in [3.63, 3.8) is 0 Å². The van der Waals surface area contributed by atoms with Gasteiger partial charge in [-0.3, -0.25) is 4.79 Å². The molecule has 1 N–H and O–H groups in total. The van der Waals surface area contributed by atoms with Gasteiger partial charge in [-0.15, -0.1) is 11.3 Å². The first-order valence-corrected chi connectivity index (χ1v) is 10.4. The first kappa shape index (κ1) is 19.0. The van der Waals surface area contributed by atoms with E-state index >= 15 is 0 Å². The Hall–Kier alpha value is -3.31. The van der Waals surface area contributed by atoms with Crippen LogP contribution in [0.3, 0.4) is 0 Å². The highest BCUT2D eigenvalue weighted by molar-refractivity contribution is 7.11. The van der Waals surface area contributed by atoms with Crippen molar-refractivity contribution in [1.29, 1.82) is 0 Å². The third kappa shape index (κ3) is 4.25. The molecule has 2 aromatic heterocycles. The third-order valence-corrected chi connectivity index (χ3v) is 5.54. The van der Waals surface area contributed by atoms with Gasteiger partial charge >= 0.3 is 0 Å². The van der Waals surface area contributed by atoms with Crippen molar-refractivity contribution >= 4 is 34.4 Å². The lowest BCUT2D eigenvalue weighted by Crippen LogP contribution is -2.18. The zero-order valence-electron chi connectivity index (χ0n) is 16.3. The minimum absolute atomic E-state index is 0.253. The highest BCUT2D eigenvalue weighted by Gasteiger charge is 2.13. The molecule has 0 unspecified atom stereocenters. The molecule has 0 fully saturated rings. The van der Waals surface area contributed by atoms with E-state index in [1.54, 1.807) is 17.6 Å². The molecule has 4 aromatic rings. The summed E-state index contributed by atoms with van der Waals surface area (Å²) in [6, 6.07) is 21.7. The Balaban J connectivity index is 1.69. The van der Waals surface area contributed by atoms with Crippen LogP contribution in [0.15, 0.2) is 77.2 Å². The highest BCUT2D eigenvalue weighted by atomic mass is 32.1. The molecular formula is C24H21N3OS. The maximum absolute atomic E-state index is 12.9. The molecule has 5 heteroatoms. The van der Waals surface area contributed by atoms with Crippen molar-refractivity contribution in [2.45, 2.75) is 19.8 Å². The van der Waals surface area contributed by atoms with Gasteiger partial charge in [-0.1, -0.05) is 62.4 Å². The Kier molecular flexibility index (Phi) is 5.49. The molecule has 4 nitrogen and oxygen atoms in total. The van der Waals surface area contributed by atoms with E-state index in [9.17, 15) is 4.79 Å². The van der Waals surface area contributed by atoms with E-state index < -0.39 is 0 Å². The van der Waals surface area contributed by atoms with E-state index in [-0.39, 0.29) is 5.91 Å². The number of pyridine rings is 1. The number of hydrogen-bond acceptors (Lipinski definition) is 4. The summed E-state index contributed by atoms with van der Waals surface area (Å²) in [6.07, 6.45) is 1.65. The lowest BCUT2D eigenvalue weighted by molar-refractivity contribution is 0.0957. The van der Waals surface area contributed by atoms with Crippen LogP contribution in [-0.2, 0) is 0 Å². The number of thiophene rings is 1. The molecule has 0 atom stereocenters. The summed E-state index contributed by atoms with van der Waals surface area (Å²) in [6.45, 7) is 4.34. The summed E-state index contributed by atoms with van der Waals surface area (Å²) in [5, 5.41) is 6.87. The number of para-hydroxylation sites is 1. The molecule has 0 aliphatic carbocycles. The zero-order chi connectivity index (χ0) is 20.2. The first-order chi connectivity index (χ1) is 14.1. The second-order valence-electron chi connectivity index (χ2n) is 7.06. The topological polar surface area (TPSA) is 54.4 Å². The summed E-state index contributed by atoms with van der Waals surface area (Å²) < 4.78 is 0. The summed E-state index contributed by atoms with van der Waals surface area (Å²) in [4.78, 5) is 18.6. The average molecular weight is 400 g/mol. The molecule has 2 aromatic carbocycles. The second-order valence-corrected chi connectivity index (χ2v) is 8.04. The number of aromatic nitrogens is 1. The number of nitrogens with zero attached hydrogens (tertiary/aromatic N) is 2. The second kappa shape index (κ2) is 8.37. The van der Waals surface area contributed by atoms with Crippen molar-refractivity contribution in [3.05, 3.63) is 88.1 Å². The van der Waals surface area contributed by atoms with Gasteiger partial charge in [0, 0.05) is 15.8 Å². The maximum Gasteiger partial charge on any atom is 0.272 e. The molecular weight excluding hydrogens is 378 g/mol. The van der Waals surface area contributed by atoms with Gasteiger partial charge in [0.2, 0.25) is 0 Å². The van der Waals surface area contributed by atoms with Gasteiger partial charge in [-0.05, 0) is 35.1 Å². The minimum Gasteiger partial charge on any atom is -0.267 e. The predicted molar refractivity (Wildman–Crippen MR) is 121 cm³/mol. The summed E-state index contributed by atoms with van der Waals surface area (Å²) in [5.74, 6) is 0.215. The van der Waals surface area contributed by atoms with Crippen molar-refractivity contribution in [1.82, 2.24) is 10.4 Å². The fraction of sp³-hybridized carbons (Fsp3) is 0.125. The molecule has 4 rings (SSSR count). The fourth-order valence-electron chi connectivity index (χ4n) is 3.13. The van der Waals surface area contributed by atoms with E-state index in [0.29, 0.717) is 11.5 Å². The van der Waals surface area contributed by atoms with Crippen LogP contribution in [0.5, 0.6) is 0 Å². The molecule has 0 radical (unpaired) electrons. The summed E-state index contributed by atoms with van der Waals surface area (Å²) in [5.41, 5.74) is 7.01. The molecule has 29 heavy (non-hydrogen) atoms. The normalized spacial score (nSPS) is 11.4. The van der Waals surface area contributed by atoms with E-state index in [0.717, 1.165) is 27.0 Å². The molecule has 0 bridgehead atoms. The van der Waals surface area contributed by atoms with Crippen molar-refractivity contribution < 1.29 is 4.79 Å². The first-order valence-electron chi connectivity index (χ1n) is 9.49. The van der Waals surface area contributed by atoms with Gasteiger partial charge in [0.05, 0.1) is 23.0 Å². The summed E-state index contributed by atoms with van der Waals surface area (Å²) >= 11 is 1.57. The maximum atomic E-state index is 12.9. The Labute approximate surface area is 173 Å². The van der Waals surface area contributed by atoms with Crippen molar-refractivity contribution in [3.8, 4) is 11.3 Å². The van der Waals surface area contributed by atoms with Crippen molar-refractivity contribution in [2.75, 3.05) is 0 Å². The van der Waals surface area contributed by atoms with Crippen LogP contribution in [0.2, 0.25) is 0 Å². The molecule has 0 spiro atoms. The standard InChI is InChI=1S/C24H21N3OS/c1-16(2)17-9-11-18(12-10-17)23-14-21(20-7-3-4-8-22(20)26-23)24(28)27-25-15-19-6-5-13-29-19/h3-16H,1-2H3,(H,27,28)/b25-15-. The highest BCUT2D eigenvalue weighted by Crippen LogP contribution is 2.26. The molecule has 0 aliphatic rings. The Bertz CT molecular complexity index is 1160. The number of hydrogen-bond donors (Lipinski definition) is 1. The van der Waals surface area contributed by atoms with Crippen LogP contribution in [0.1, 0.15) is 40.6 Å². The van der Waals surface area contributed by atoms with Crippen LogP contribution in [0, 0.1) is 0 Å². The van der Waals surface area contributed by atoms with Crippen LogP contribution in [-0.4, -0.2) is 17.1 Å². The van der Waals surface area contributed by atoms with Gasteiger partial charge < -0.3 is 0 Å². The Morgan fingerprint density at radius 3 is 2.59 bits per heavy atom. The van der Waals surface area contributed by atoms with Crippen LogP contribution in [0.25, 0.3) is 22.2 Å². The smallest absolute Gasteiger partial charge is 0.267 e. The monoisotopic (exact) mass is 399 g/mol. The van der Waals surface area contributed by atoms with Gasteiger partial charge in [0.1, 0.15) is 0 Å². The van der Waals surface area contributed by atoms with E-state index in [1.165, 1.54) is 5.56 Å². The average Bonchev–Trinajstić information content (AvgIpc) is 3.26. The number of carbonyl (C=O) groups is 1. The van der Waals surface area contributed by atoms with Gasteiger partial charge in [0.25, 0.3) is 5.91 Å². The third-order valence-electron chi connectivity index (χ3n) is 4.73. The molecule has 0 saturated carbocycles. The van der Waals surface area contributed by atoms with Gasteiger partial charge in [0.15, 0.2) is 0 Å². The van der Waals surface area contributed by atoms with Gasteiger partial charge in [-0.2, -0.15) is 5.10 Å². The fourth-order valence-corrected chi connectivity index (χ4v) is 3.71. The molecule has 1 amide bonds. The van der Waals surface area contributed by atoms with Crippen LogP contribution in [0.4, 0.5) is 0 Å². The lowest BCUT2D eigenvalue weighted by Gasteiger charge is -2.10. The van der Waals surface area contributed by atoms with Crippen LogP contribution < -0.4 is 5.43 Å². The quantitative estimate of drug-likeness (QED) is 0.338. The number of fused-ring (bicyclic) bond motifs is 1. The van der Waals surface area contributed by atoms with E-state index in [2.05, 4.69) is 48.6 Å². The van der Waals surface area contributed by atoms with Crippen LogP contribution >= 0.6 is 11.3 Å². The molecule has 144 valence electrons. The SMILES string of the molecule is CC(C)c1ccc(-c2cc(C(=O)N/N=C\c3cccs3)c3ccccc3n2)cc1. The van der Waals surface area contributed by atoms with Gasteiger partial charge in [-0.25, -0.2) is 10.4 Å². The number of carbonyl (C=O) groups excluding carboxylic acids is 1. The summed E-state index contributed by atoms with van der Waals surface area (Å²) in [7, 11) is 0. The molecule has 0 saturated heterocycles. The number of nitrogens with one attached hydrogen (secondary N) is 1. The minimum atomic E-state index is -0.253. The molecule has 0 aliphatic heterocycles. The Morgan fingerprint density at radius 1 is 1.07 bits per heavy atom. The number of rotatable bonds is 5. The zero-order valence-corrected chi connectivity index (χ0v) is 17.1. The number of hydrazone groups is 1. The molecule has 2 heterocycles. The largest absolute Gasteiger partial charge is 0.272 e.